The van der Waals surface area contributed by atoms with E-state index in [1.54, 1.807) is 0 Å². The molecule has 3 aromatic carbocycles. The predicted octanol–water partition coefficient (Wildman–Crippen LogP) is 6.69. The third-order valence-electron chi connectivity index (χ3n) is 6.47. The molecule has 0 unspecified atom stereocenters. The van der Waals surface area contributed by atoms with E-state index in [-0.39, 0.29) is 11.9 Å². The van der Waals surface area contributed by atoms with Crippen molar-refractivity contribution in [1.29, 1.82) is 0 Å². The van der Waals surface area contributed by atoms with Gasteiger partial charge in [-0.05, 0) is 42.8 Å². The molecule has 0 bridgehead atoms. The predicted molar refractivity (Wildman–Crippen MR) is 147 cm³/mol. The number of fused-ring (bicyclic) bond motifs is 1. The molecule has 0 radical (unpaired) electrons. The van der Waals surface area contributed by atoms with Crippen molar-refractivity contribution in [3.8, 4) is 0 Å². The Morgan fingerprint density at radius 2 is 1.43 bits per heavy atom. The average molecular weight is 487 g/mol. The van der Waals surface area contributed by atoms with Crippen LogP contribution in [0, 0.1) is 0 Å². The minimum absolute atomic E-state index is 0.0870. The van der Waals surface area contributed by atoms with E-state index in [4.69, 9.17) is 0 Å². The molecule has 4 aromatic rings. The van der Waals surface area contributed by atoms with Crippen molar-refractivity contribution in [1.82, 2.24) is 14.8 Å². The Hall–Kier alpha value is -3.22. The fourth-order valence-electron chi connectivity index (χ4n) is 4.39. The fraction of sp³-hybridized carbons (Fsp3) is 0.310. The molecular formula is C29H34N4OS. The van der Waals surface area contributed by atoms with Gasteiger partial charge in [0.1, 0.15) is 0 Å². The first-order valence-electron chi connectivity index (χ1n) is 12.4. The normalized spacial score (nSPS) is 11.3. The number of rotatable bonds is 11. The van der Waals surface area contributed by atoms with E-state index in [9.17, 15) is 4.79 Å². The quantitative estimate of drug-likeness (QED) is 0.257. The van der Waals surface area contributed by atoms with Crippen LogP contribution < -0.4 is 5.32 Å². The molecule has 0 saturated carbocycles. The van der Waals surface area contributed by atoms with Crippen molar-refractivity contribution < 1.29 is 4.79 Å². The number of hydrogen-bond acceptors (Lipinski definition) is 4. The van der Waals surface area contributed by atoms with E-state index in [2.05, 4.69) is 77.6 Å². The summed E-state index contributed by atoms with van der Waals surface area (Å²) >= 11 is 1.51. The number of carbonyl (C=O) groups is 1. The highest BCUT2D eigenvalue weighted by Gasteiger charge is 2.20. The maximum absolute atomic E-state index is 13.4. The van der Waals surface area contributed by atoms with Gasteiger partial charge in [-0.3, -0.25) is 5.32 Å². The van der Waals surface area contributed by atoms with Crippen LogP contribution in [0.1, 0.15) is 37.3 Å². The first-order valence-corrected chi connectivity index (χ1v) is 13.2. The molecule has 0 spiro atoms. The van der Waals surface area contributed by atoms with Gasteiger partial charge in [-0.1, -0.05) is 98.0 Å². The van der Waals surface area contributed by atoms with Gasteiger partial charge in [0.25, 0.3) is 0 Å². The summed E-state index contributed by atoms with van der Waals surface area (Å²) in [5.74, 6) is 0.226. The highest BCUT2D eigenvalue weighted by molar-refractivity contribution is 7.22. The van der Waals surface area contributed by atoms with Gasteiger partial charge in [0.05, 0.1) is 10.2 Å². The van der Waals surface area contributed by atoms with Crippen molar-refractivity contribution in [2.24, 2.45) is 0 Å². The smallest absolute Gasteiger partial charge is 0.323 e. The van der Waals surface area contributed by atoms with Crippen LogP contribution in [0.3, 0.4) is 0 Å². The topological polar surface area (TPSA) is 48.5 Å². The zero-order valence-corrected chi connectivity index (χ0v) is 21.4. The number of thiazole rings is 1. The number of hydrogen-bond donors (Lipinski definition) is 1. The second kappa shape index (κ2) is 12.5. The zero-order chi connectivity index (χ0) is 24.5. The monoisotopic (exact) mass is 486 g/mol. The van der Waals surface area contributed by atoms with Crippen molar-refractivity contribution in [3.05, 3.63) is 96.1 Å². The fourth-order valence-corrected chi connectivity index (χ4v) is 5.25. The molecule has 182 valence electrons. The van der Waals surface area contributed by atoms with Gasteiger partial charge in [0.2, 0.25) is 0 Å². The lowest BCUT2D eigenvalue weighted by Crippen LogP contribution is -2.41. The number of aromatic nitrogens is 1. The van der Waals surface area contributed by atoms with E-state index in [0.717, 1.165) is 36.3 Å². The number of carbonyl (C=O) groups excluding carboxylic acids is 1. The average Bonchev–Trinajstić information content (AvgIpc) is 3.31. The van der Waals surface area contributed by atoms with E-state index in [0.29, 0.717) is 18.2 Å². The number of benzene rings is 3. The molecule has 6 heteroatoms. The second-order valence-electron chi connectivity index (χ2n) is 8.59. The van der Waals surface area contributed by atoms with E-state index in [1.807, 2.05) is 41.3 Å². The molecule has 1 aromatic heterocycles. The number of amides is 2. The zero-order valence-electron chi connectivity index (χ0n) is 20.6. The van der Waals surface area contributed by atoms with Crippen LogP contribution in [0.25, 0.3) is 10.2 Å². The Morgan fingerprint density at radius 1 is 0.829 bits per heavy atom. The molecule has 35 heavy (non-hydrogen) atoms. The Kier molecular flexibility index (Phi) is 8.87. The summed E-state index contributed by atoms with van der Waals surface area (Å²) in [7, 11) is 0. The second-order valence-corrected chi connectivity index (χ2v) is 9.62. The third kappa shape index (κ3) is 6.68. The largest absolute Gasteiger partial charge is 0.323 e. The highest BCUT2D eigenvalue weighted by atomic mass is 32.1. The molecule has 5 nitrogen and oxygen atoms in total. The number of urea groups is 1. The SMILES string of the molecule is CCN(CC)CCN(CCC(c1ccccc1)c1ccccc1)C(=O)Nc1nc2ccccc2s1. The summed E-state index contributed by atoms with van der Waals surface area (Å²) in [6.07, 6.45) is 0.847. The van der Waals surface area contributed by atoms with Gasteiger partial charge in [-0.2, -0.15) is 0 Å². The van der Waals surface area contributed by atoms with Crippen molar-refractivity contribution >= 4 is 32.7 Å². The molecule has 1 heterocycles. The Bertz CT molecular complexity index is 1120. The van der Waals surface area contributed by atoms with Crippen molar-refractivity contribution in [3.63, 3.8) is 0 Å². The first kappa shape index (κ1) is 24.9. The van der Waals surface area contributed by atoms with Gasteiger partial charge >= 0.3 is 6.03 Å². The Labute approximate surface area is 212 Å². The van der Waals surface area contributed by atoms with Gasteiger partial charge in [0.15, 0.2) is 5.13 Å². The van der Waals surface area contributed by atoms with Gasteiger partial charge < -0.3 is 9.80 Å². The summed E-state index contributed by atoms with van der Waals surface area (Å²) in [5, 5.41) is 3.72. The Morgan fingerprint density at radius 3 is 2.03 bits per heavy atom. The first-order chi connectivity index (χ1) is 17.2. The molecule has 0 atom stereocenters. The molecule has 2 amide bonds. The minimum Gasteiger partial charge on any atom is -0.323 e. The highest BCUT2D eigenvalue weighted by Crippen LogP contribution is 2.29. The van der Waals surface area contributed by atoms with Crippen molar-refractivity contribution in [2.45, 2.75) is 26.2 Å². The third-order valence-corrected chi connectivity index (χ3v) is 7.42. The summed E-state index contributed by atoms with van der Waals surface area (Å²) in [5.41, 5.74) is 3.46. The molecule has 0 aliphatic rings. The van der Waals surface area contributed by atoms with E-state index < -0.39 is 0 Å². The summed E-state index contributed by atoms with van der Waals surface area (Å²) in [4.78, 5) is 22.3. The lowest BCUT2D eigenvalue weighted by molar-refractivity contribution is 0.195. The van der Waals surface area contributed by atoms with Gasteiger partial charge in [0, 0.05) is 25.6 Å². The number of anilines is 1. The number of nitrogens with zero attached hydrogens (tertiary/aromatic N) is 3. The van der Waals surface area contributed by atoms with Crippen molar-refractivity contribution in [2.75, 3.05) is 38.0 Å². The number of para-hydroxylation sites is 1. The lowest BCUT2D eigenvalue weighted by Gasteiger charge is -2.28. The van der Waals surface area contributed by atoms with Gasteiger partial charge in [-0.15, -0.1) is 0 Å². The van der Waals surface area contributed by atoms with Crippen LogP contribution in [0.15, 0.2) is 84.9 Å². The van der Waals surface area contributed by atoms with Crippen LogP contribution in [0.2, 0.25) is 0 Å². The standard InChI is InChI=1S/C29H34N4OS/c1-3-32(4-2)21-22-33(29(34)31-28-30-26-17-11-12-18-27(26)35-28)20-19-25(23-13-7-5-8-14-23)24-15-9-6-10-16-24/h5-18,25H,3-4,19-22H2,1-2H3,(H,30,31,34). The van der Waals surface area contributed by atoms with Gasteiger partial charge in [-0.25, -0.2) is 9.78 Å². The minimum atomic E-state index is -0.0870. The molecule has 4 rings (SSSR count). The molecule has 0 fully saturated rings. The Balaban J connectivity index is 1.52. The van der Waals surface area contributed by atoms with Crippen LogP contribution in [0.4, 0.5) is 9.93 Å². The summed E-state index contributed by atoms with van der Waals surface area (Å²) in [6, 6.07) is 29.1. The van der Waals surface area contributed by atoms with Crippen LogP contribution in [-0.2, 0) is 0 Å². The molecule has 0 aliphatic heterocycles. The number of likely N-dealkylation sites (N-methyl/N-ethyl adjacent to an activating group) is 1. The maximum atomic E-state index is 13.4. The maximum Gasteiger partial charge on any atom is 0.323 e. The molecule has 1 N–H and O–H groups in total. The molecular weight excluding hydrogens is 452 g/mol. The van der Waals surface area contributed by atoms with E-state index >= 15 is 0 Å². The van der Waals surface area contributed by atoms with Crippen LogP contribution >= 0.6 is 11.3 Å². The molecule has 0 aliphatic carbocycles. The van der Waals surface area contributed by atoms with Crippen LogP contribution in [-0.4, -0.2) is 53.5 Å². The number of nitrogens with one attached hydrogen (secondary N) is 1. The lowest BCUT2D eigenvalue weighted by atomic mass is 9.88. The van der Waals surface area contributed by atoms with Crippen LogP contribution in [0.5, 0.6) is 0 Å². The van der Waals surface area contributed by atoms with E-state index in [1.165, 1.54) is 22.5 Å². The molecule has 0 saturated heterocycles. The summed E-state index contributed by atoms with van der Waals surface area (Å²) in [6.45, 7) is 8.45. The summed E-state index contributed by atoms with van der Waals surface area (Å²) < 4.78 is 1.07.